The standard InChI is InChI=1S/C21H23N3O4S/c1-14-3-4-15(2)18(7-14)24-12-22-23-21(24)29-11-17(25)10-26-9-16-5-6-19-20(8-16)28-13-27-19/h3-8,12,17,25H,9-11,13H2,1-2H3/t17-/m1/s1. The van der Waals surface area contributed by atoms with Gasteiger partial charge < -0.3 is 19.3 Å². The average molecular weight is 413 g/mol. The highest BCUT2D eigenvalue weighted by Gasteiger charge is 2.15. The summed E-state index contributed by atoms with van der Waals surface area (Å²) in [6, 6.07) is 12.0. The molecule has 1 aromatic heterocycles. The number of benzene rings is 2. The number of hydrogen-bond acceptors (Lipinski definition) is 7. The highest BCUT2D eigenvalue weighted by Crippen LogP contribution is 2.32. The van der Waals surface area contributed by atoms with Crippen LogP contribution in [0.3, 0.4) is 0 Å². The van der Waals surface area contributed by atoms with Crippen LogP contribution in [0.2, 0.25) is 0 Å². The summed E-state index contributed by atoms with van der Waals surface area (Å²) in [5, 5.41) is 19.3. The van der Waals surface area contributed by atoms with E-state index in [-0.39, 0.29) is 13.4 Å². The number of aliphatic hydroxyl groups excluding tert-OH is 1. The van der Waals surface area contributed by atoms with Crippen molar-refractivity contribution in [3.63, 3.8) is 0 Å². The number of ether oxygens (including phenoxy) is 3. The second kappa shape index (κ2) is 8.86. The van der Waals surface area contributed by atoms with Crippen molar-refractivity contribution in [1.29, 1.82) is 0 Å². The molecule has 0 bridgehead atoms. The summed E-state index contributed by atoms with van der Waals surface area (Å²) >= 11 is 1.46. The molecule has 1 aliphatic heterocycles. The Balaban J connectivity index is 1.29. The van der Waals surface area contributed by atoms with Crippen LogP contribution >= 0.6 is 11.8 Å². The van der Waals surface area contributed by atoms with Crippen LogP contribution in [-0.2, 0) is 11.3 Å². The van der Waals surface area contributed by atoms with Crippen molar-refractivity contribution in [2.45, 2.75) is 31.7 Å². The maximum Gasteiger partial charge on any atom is 0.231 e. The minimum absolute atomic E-state index is 0.235. The lowest BCUT2D eigenvalue weighted by atomic mass is 10.1. The third kappa shape index (κ3) is 4.72. The second-order valence-electron chi connectivity index (χ2n) is 6.94. The lowest BCUT2D eigenvalue weighted by Crippen LogP contribution is -2.18. The van der Waals surface area contributed by atoms with Gasteiger partial charge in [-0.3, -0.25) is 4.57 Å². The smallest absolute Gasteiger partial charge is 0.231 e. The van der Waals surface area contributed by atoms with Gasteiger partial charge >= 0.3 is 0 Å². The summed E-state index contributed by atoms with van der Waals surface area (Å²) in [6.45, 7) is 5.00. The number of rotatable bonds is 8. The molecule has 152 valence electrons. The minimum atomic E-state index is -0.613. The van der Waals surface area contributed by atoms with Gasteiger partial charge in [0.2, 0.25) is 6.79 Å². The van der Waals surface area contributed by atoms with Crippen molar-refractivity contribution in [1.82, 2.24) is 14.8 Å². The van der Waals surface area contributed by atoms with Crippen LogP contribution in [0.1, 0.15) is 16.7 Å². The predicted octanol–water partition coefficient (Wildman–Crippen LogP) is 3.28. The molecule has 0 spiro atoms. The fourth-order valence-electron chi connectivity index (χ4n) is 3.03. The lowest BCUT2D eigenvalue weighted by Gasteiger charge is -2.13. The molecule has 0 aliphatic carbocycles. The van der Waals surface area contributed by atoms with E-state index < -0.39 is 6.10 Å². The summed E-state index contributed by atoms with van der Waals surface area (Å²) in [4.78, 5) is 0. The molecular formula is C21H23N3O4S. The van der Waals surface area contributed by atoms with Gasteiger partial charge in [-0.15, -0.1) is 10.2 Å². The van der Waals surface area contributed by atoms with Gasteiger partial charge in [-0.05, 0) is 48.7 Å². The molecular weight excluding hydrogens is 390 g/mol. The van der Waals surface area contributed by atoms with Gasteiger partial charge in [-0.25, -0.2) is 0 Å². The van der Waals surface area contributed by atoms with Crippen LogP contribution in [0, 0.1) is 13.8 Å². The molecule has 1 N–H and O–H groups in total. The van der Waals surface area contributed by atoms with Crippen LogP contribution in [0.5, 0.6) is 11.5 Å². The summed E-state index contributed by atoms with van der Waals surface area (Å²) in [7, 11) is 0. The van der Waals surface area contributed by atoms with Crippen molar-refractivity contribution in [2.75, 3.05) is 19.2 Å². The quantitative estimate of drug-likeness (QED) is 0.568. The van der Waals surface area contributed by atoms with Crippen molar-refractivity contribution < 1.29 is 19.3 Å². The molecule has 1 aliphatic rings. The average Bonchev–Trinajstić information content (AvgIpc) is 3.37. The van der Waals surface area contributed by atoms with Gasteiger partial charge in [-0.2, -0.15) is 0 Å². The third-order valence-corrected chi connectivity index (χ3v) is 5.65. The van der Waals surface area contributed by atoms with E-state index in [1.807, 2.05) is 22.8 Å². The summed E-state index contributed by atoms with van der Waals surface area (Å²) in [5.41, 5.74) is 4.34. The number of thioether (sulfide) groups is 1. The molecule has 7 nitrogen and oxygen atoms in total. The summed E-state index contributed by atoms with van der Waals surface area (Å²) in [6.07, 6.45) is 1.09. The Labute approximate surface area is 173 Å². The molecule has 0 amide bonds. The molecule has 3 aromatic rings. The maximum atomic E-state index is 10.3. The SMILES string of the molecule is Cc1ccc(C)c(-n2cnnc2SC[C@H](O)COCc2ccc3c(c2)OCO3)c1. The molecule has 0 radical (unpaired) electrons. The van der Waals surface area contributed by atoms with E-state index in [1.54, 1.807) is 6.33 Å². The lowest BCUT2D eigenvalue weighted by molar-refractivity contribution is 0.0397. The van der Waals surface area contributed by atoms with Crippen molar-refractivity contribution >= 4 is 11.8 Å². The monoisotopic (exact) mass is 413 g/mol. The van der Waals surface area contributed by atoms with E-state index in [2.05, 4.69) is 42.2 Å². The van der Waals surface area contributed by atoms with E-state index >= 15 is 0 Å². The minimum Gasteiger partial charge on any atom is -0.454 e. The highest BCUT2D eigenvalue weighted by atomic mass is 32.2. The van der Waals surface area contributed by atoms with Crippen LogP contribution in [0.4, 0.5) is 0 Å². The molecule has 2 aromatic carbocycles. The zero-order chi connectivity index (χ0) is 20.2. The maximum absolute atomic E-state index is 10.3. The first-order valence-electron chi connectivity index (χ1n) is 9.35. The van der Waals surface area contributed by atoms with Crippen LogP contribution in [0.25, 0.3) is 5.69 Å². The summed E-state index contributed by atoms with van der Waals surface area (Å²) < 4.78 is 18.3. The largest absolute Gasteiger partial charge is 0.454 e. The van der Waals surface area contributed by atoms with E-state index in [9.17, 15) is 5.11 Å². The Hall–Kier alpha value is -2.55. The summed E-state index contributed by atoms with van der Waals surface area (Å²) in [5.74, 6) is 1.94. The van der Waals surface area contributed by atoms with Gasteiger partial charge in [0.05, 0.1) is 25.0 Å². The number of aryl methyl sites for hydroxylation is 2. The Morgan fingerprint density at radius 1 is 1.17 bits per heavy atom. The number of aliphatic hydroxyl groups is 1. The Kier molecular flexibility index (Phi) is 6.03. The molecule has 29 heavy (non-hydrogen) atoms. The van der Waals surface area contributed by atoms with Gasteiger partial charge in [0.25, 0.3) is 0 Å². The fraction of sp³-hybridized carbons (Fsp3) is 0.333. The molecule has 8 heteroatoms. The Morgan fingerprint density at radius 2 is 2.03 bits per heavy atom. The highest BCUT2D eigenvalue weighted by molar-refractivity contribution is 7.99. The number of nitrogens with zero attached hydrogens (tertiary/aromatic N) is 3. The molecule has 1 atom stereocenters. The van der Waals surface area contributed by atoms with Gasteiger partial charge in [0, 0.05) is 5.75 Å². The van der Waals surface area contributed by atoms with E-state index in [1.165, 1.54) is 17.3 Å². The van der Waals surface area contributed by atoms with E-state index in [4.69, 9.17) is 14.2 Å². The van der Waals surface area contributed by atoms with Gasteiger partial charge in [0.1, 0.15) is 6.33 Å². The van der Waals surface area contributed by atoms with Crippen LogP contribution in [-0.4, -0.2) is 45.1 Å². The first-order chi connectivity index (χ1) is 14.1. The third-order valence-electron chi connectivity index (χ3n) is 4.56. The number of aromatic nitrogens is 3. The van der Waals surface area contributed by atoms with Crippen LogP contribution < -0.4 is 9.47 Å². The first kappa shape index (κ1) is 19.8. The van der Waals surface area contributed by atoms with Crippen molar-refractivity contribution in [3.05, 3.63) is 59.4 Å². The zero-order valence-electron chi connectivity index (χ0n) is 16.4. The first-order valence-corrected chi connectivity index (χ1v) is 10.3. The normalized spacial score (nSPS) is 13.6. The van der Waals surface area contributed by atoms with Crippen molar-refractivity contribution in [2.24, 2.45) is 0 Å². The predicted molar refractivity (Wildman–Crippen MR) is 110 cm³/mol. The number of fused-ring (bicyclic) bond motifs is 1. The second-order valence-corrected chi connectivity index (χ2v) is 7.93. The zero-order valence-corrected chi connectivity index (χ0v) is 17.2. The fourth-order valence-corrected chi connectivity index (χ4v) is 3.86. The van der Waals surface area contributed by atoms with E-state index in [0.717, 1.165) is 33.5 Å². The Bertz CT molecular complexity index is 992. The van der Waals surface area contributed by atoms with Gasteiger partial charge in [-0.1, -0.05) is 30.0 Å². The molecule has 0 saturated carbocycles. The van der Waals surface area contributed by atoms with Gasteiger partial charge in [0.15, 0.2) is 16.7 Å². The Morgan fingerprint density at radius 3 is 2.93 bits per heavy atom. The van der Waals surface area contributed by atoms with Crippen LogP contribution in [0.15, 0.2) is 47.9 Å². The van der Waals surface area contributed by atoms with Crippen molar-refractivity contribution in [3.8, 4) is 17.2 Å². The number of hydrogen-bond donors (Lipinski definition) is 1. The molecule has 4 rings (SSSR count). The molecule has 0 unspecified atom stereocenters. The molecule has 0 saturated heterocycles. The molecule has 0 fully saturated rings. The topological polar surface area (TPSA) is 78.6 Å². The molecule has 2 heterocycles. The van der Waals surface area contributed by atoms with E-state index in [0.29, 0.717) is 12.4 Å².